The van der Waals surface area contributed by atoms with Crippen LogP contribution >= 0.6 is 0 Å². The maximum atomic E-state index is 10.7. The fraction of sp³-hybridized carbons (Fsp3) is 0.900. The summed E-state index contributed by atoms with van der Waals surface area (Å²) in [5.41, 5.74) is -0.430. The Morgan fingerprint density at radius 2 is 2.13 bits per heavy atom. The second-order valence-corrected chi connectivity index (χ2v) is 4.88. The van der Waals surface area contributed by atoms with E-state index in [-0.39, 0.29) is 5.92 Å². The smallest absolute Gasteiger partial charge is 0.307 e. The minimum atomic E-state index is -1.01. The number of carboxylic acids is 1. The molecule has 2 atom stereocenters. The Labute approximate surface area is 89.6 Å². The van der Waals surface area contributed by atoms with Gasteiger partial charge >= 0.3 is 5.97 Å². The monoisotopic (exact) mass is 217 g/mol. The molecule has 0 aromatic carbocycles. The summed E-state index contributed by atoms with van der Waals surface area (Å²) >= 11 is 0. The van der Waals surface area contributed by atoms with E-state index in [0.717, 1.165) is 0 Å². The number of rotatable bonds is 3. The molecule has 5 heteroatoms. The molecule has 0 amide bonds. The highest BCUT2D eigenvalue weighted by molar-refractivity contribution is 5.70. The quantitative estimate of drug-likeness (QED) is 0.673. The second-order valence-electron chi connectivity index (χ2n) is 4.88. The number of likely N-dealkylation sites (tertiary alicyclic amines) is 1. The summed E-state index contributed by atoms with van der Waals surface area (Å²) in [4.78, 5) is 12.3. The number of carbonyl (C=O) groups is 1. The van der Waals surface area contributed by atoms with Gasteiger partial charge in [-0.15, -0.1) is 0 Å². The molecule has 1 aliphatic rings. The zero-order valence-electron chi connectivity index (χ0n) is 9.43. The summed E-state index contributed by atoms with van der Waals surface area (Å²) in [7, 11) is 0. The number of nitrogens with zero attached hydrogens (tertiary/aromatic N) is 1. The van der Waals surface area contributed by atoms with E-state index in [0.29, 0.717) is 19.5 Å². The lowest BCUT2D eigenvalue weighted by atomic mass is 10.1. The molecule has 0 aromatic rings. The summed E-state index contributed by atoms with van der Waals surface area (Å²) < 4.78 is 5.34. The predicted molar refractivity (Wildman–Crippen MR) is 54.2 cm³/mol. The lowest BCUT2D eigenvalue weighted by Gasteiger charge is -2.29. The van der Waals surface area contributed by atoms with Crippen LogP contribution in [0.3, 0.4) is 0 Å². The van der Waals surface area contributed by atoms with Crippen LogP contribution in [0.4, 0.5) is 0 Å². The Morgan fingerprint density at radius 1 is 1.53 bits per heavy atom. The van der Waals surface area contributed by atoms with E-state index in [1.54, 1.807) is 4.90 Å². The first-order chi connectivity index (χ1) is 6.79. The van der Waals surface area contributed by atoms with E-state index in [2.05, 4.69) is 0 Å². The molecule has 1 fully saturated rings. The lowest BCUT2D eigenvalue weighted by Crippen LogP contribution is -2.40. The van der Waals surface area contributed by atoms with Crippen LogP contribution < -0.4 is 0 Å². The molecule has 88 valence electrons. The molecule has 5 nitrogen and oxygen atoms in total. The molecule has 0 aromatic heterocycles. The first-order valence-electron chi connectivity index (χ1n) is 5.12. The van der Waals surface area contributed by atoms with Crippen molar-refractivity contribution in [1.29, 1.82) is 0 Å². The van der Waals surface area contributed by atoms with Crippen LogP contribution in [0.15, 0.2) is 0 Å². The van der Waals surface area contributed by atoms with Gasteiger partial charge in [-0.05, 0) is 27.2 Å². The Bertz CT molecular complexity index is 236. The Hall–Kier alpha value is -0.650. The van der Waals surface area contributed by atoms with Crippen molar-refractivity contribution in [2.45, 2.75) is 39.2 Å². The third kappa shape index (κ3) is 3.77. The van der Waals surface area contributed by atoms with Crippen molar-refractivity contribution in [2.75, 3.05) is 13.1 Å². The maximum Gasteiger partial charge on any atom is 0.307 e. The van der Waals surface area contributed by atoms with Gasteiger partial charge in [0, 0.05) is 13.1 Å². The molecule has 0 saturated carbocycles. The van der Waals surface area contributed by atoms with E-state index in [9.17, 15) is 9.90 Å². The van der Waals surface area contributed by atoms with Crippen molar-refractivity contribution < 1.29 is 19.7 Å². The predicted octanol–water partition coefficient (Wildman–Crippen LogP) is 0.484. The van der Waals surface area contributed by atoms with Gasteiger partial charge in [0.25, 0.3) is 0 Å². The summed E-state index contributed by atoms with van der Waals surface area (Å²) in [5, 5.41) is 18.5. The molecule has 2 unspecified atom stereocenters. The fourth-order valence-electron chi connectivity index (χ4n) is 1.58. The van der Waals surface area contributed by atoms with E-state index in [1.807, 2.05) is 20.8 Å². The Morgan fingerprint density at radius 3 is 2.53 bits per heavy atom. The molecular formula is C10H19NO4. The number of aliphatic carboxylic acids is 1. The van der Waals surface area contributed by atoms with Crippen LogP contribution in [0.1, 0.15) is 27.2 Å². The van der Waals surface area contributed by atoms with Gasteiger partial charge in [-0.3, -0.25) is 9.69 Å². The second kappa shape index (κ2) is 4.47. The fourth-order valence-corrected chi connectivity index (χ4v) is 1.58. The van der Waals surface area contributed by atoms with Gasteiger partial charge in [0.2, 0.25) is 6.41 Å². The van der Waals surface area contributed by atoms with Crippen molar-refractivity contribution in [3.8, 4) is 0 Å². The van der Waals surface area contributed by atoms with Gasteiger partial charge in [-0.1, -0.05) is 0 Å². The summed E-state index contributed by atoms with van der Waals surface area (Å²) in [6.45, 7) is 6.46. The molecule has 0 spiro atoms. The number of carboxylic acid groups (broad SMARTS) is 1. The number of hydrogen-bond donors (Lipinski definition) is 2. The third-order valence-corrected chi connectivity index (χ3v) is 2.34. The molecule has 1 heterocycles. The lowest BCUT2D eigenvalue weighted by molar-refractivity contribution is -0.234. The van der Waals surface area contributed by atoms with Crippen LogP contribution in [0.5, 0.6) is 0 Å². The van der Waals surface area contributed by atoms with Crippen molar-refractivity contribution >= 4 is 5.97 Å². The third-order valence-electron chi connectivity index (χ3n) is 2.34. The summed E-state index contributed by atoms with van der Waals surface area (Å²) in [6.07, 6.45) is -0.436. The van der Waals surface area contributed by atoms with Crippen LogP contribution in [-0.4, -0.2) is 46.2 Å². The Kier molecular flexibility index (Phi) is 3.70. The van der Waals surface area contributed by atoms with E-state index in [1.165, 1.54) is 0 Å². The molecule has 15 heavy (non-hydrogen) atoms. The molecule has 1 rings (SSSR count). The molecule has 1 aliphatic heterocycles. The van der Waals surface area contributed by atoms with Crippen molar-refractivity contribution in [3.05, 3.63) is 0 Å². The number of ether oxygens (including phenoxy) is 1. The largest absolute Gasteiger partial charge is 0.481 e. The highest BCUT2D eigenvalue weighted by atomic mass is 16.6. The topological polar surface area (TPSA) is 70.0 Å². The molecular weight excluding hydrogens is 198 g/mol. The summed E-state index contributed by atoms with van der Waals surface area (Å²) in [6, 6.07) is 0. The molecule has 1 saturated heterocycles. The van der Waals surface area contributed by atoms with Gasteiger partial charge in [0.15, 0.2) is 0 Å². The Balaban J connectivity index is 2.43. The highest BCUT2D eigenvalue weighted by Crippen LogP contribution is 2.21. The molecule has 2 N–H and O–H groups in total. The van der Waals surface area contributed by atoms with Gasteiger partial charge in [-0.2, -0.15) is 0 Å². The zero-order valence-corrected chi connectivity index (χ0v) is 9.43. The minimum Gasteiger partial charge on any atom is -0.481 e. The van der Waals surface area contributed by atoms with Gasteiger partial charge in [0.1, 0.15) is 0 Å². The van der Waals surface area contributed by atoms with Gasteiger partial charge in [0.05, 0.1) is 11.5 Å². The first kappa shape index (κ1) is 12.4. The zero-order chi connectivity index (χ0) is 11.6. The van der Waals surface area contributed by atoms with Crippen LogP contribution in [0.25, 0.3) is 0 Å². The highest BCUT2D eigenvalue weighted by Gasteiger charge is 2.33. The standard InChI is InChI=1S/C10H19NO4/c1-10(2,3)15-9(14)11-5-4-7(6-11)8(12)13/h7,9,14H,4-6H2,1-3H3,(H,12,13). The average molecular weight is 217 g/mol. The normalized spacial score (nSPS) is 25.5. The van der Waals surface area contributed by atoms with Gasteiger partial charge < -0.3 is 14.9 Å². The van der Waals surface area contributed by atoms with Crippen molar-refractivity contribution in [2.24, 2.45) is 5.92 Å². The first-order valence-corrected chi connectivity index (χ1v) is 5.12. The summed E-state index contributed by atoms with van der Waals surface area (Å²) in [5.74, 6) is -1.19. The SMILES string of the molecule is CC(C)(C)OC(O)N1CCC(C(=O)O)C1. The van der Waals surface area contributed by atoms with E-state index < -0.39 is 18.0 Å². The molecule has 0 aliphatic carbocycles. The number of hydrogen-bond acceptors (Lipinski definition) is 4. The molecule has 0 radical (unpaired) electrons. The number of aliphatic hydroxyl groups excluding tert-OH is 1. The van der Waals surface area contributed by atoms with Crippen LogP contribution in [0.2, 0.25) is 0 Å². The van der Waals surface area contributed by atoms with E-state index in [4.69, 9.17) is 9.84 Å². The van der Waals surface area contributed by atoms with Crippen LogP contribution in [-0.2, 0) is 9.53 Å². The minimum absolute atomic E-state index is 0.354. The van der Waals surface area contributed by atoms with Crippen molar-refractivity contribution in [1.82, 2.24) is 4.90 Å². The van der Waals surface area contributed by atoms with Gasteiger partial charge in [-0.25, -0.2) is 0 Å². The molecule has 0 bridgehead atoms. The van der Waals surface area contributed by atoms with E-state index >= 15 is 0 Å². The van der Waals surface area contributed by atoms with Crippen molar-refractivity contribution in [3.63, 3.8) is 0 Å². The number of aliphatic hydroxyl groups is 1. The average Bonchev–Trinajstić information content (AvgIpc) is 2.47. The van der Waals surface area contributed by atoms with Crippen LogP contribution in [0, 0.1) is 5.92 Å². The maximum absolute atomic E-state index is 10.7.